The van der Waals surface area contributed by atoms with Crippen molar-refractivity contribution in [3.8, 4) is 0 Å². The minimum atomic E-state index is -0.878. The second-order valence-electron chi connectivity index (χ2n) is 4.81. The lowest BCUT2D eigenvalue weighted by molar-refractivity contribution is -0.129. The molecule has 2 rings (SSSR count). The Labute approximate surface area is 121 Å². The number of amides is 1. The van der Waals surface area contributed by atoms with E-state index in [1.807, 2.05) is 11.9 Å². The summed E-state index contributed by atoms with van der Waals surface area (Å²) >= 11 is 1.24. The van der Waals surface area contributed by atoms with Gasteiger partial charge in [0.25, 0.3) is 0 Å². The van der Waals surface area contributed by atoms with Crippen molar-refractivity contribution < 1.29 is 13.6 Å². The Morgan fingerprint density at radius 2 is 2.25 bits per heavy atom. The third-order valence-electron chi connectivity index (χ3n) is 3.39. The number of hydrogen-bond donors (Lipinski definition) is 1. The van der Waals surface area contributed by atoms with E-state index in [2.05, 4.69) is 5.32 Å². The van der Waals surface area contributed by atoms with E-state index in [9.17, 15) is 13.6 Å². The van der Waals surface area contributed by atoms with Gasteiger partial charge in [0.2, 0.25) is 5.91 Å². The second-order valence-corrected chi connectivity index (χ2v) is 5.85. The normalized spacial score (nSPS) is 18.6. The van der Waals surface area contributed by atoms with Gasteiger partial charge in [0.1, 0.15) is 0 Å². The van der Waals surface area contributed by atoms with E-state index < -0.39 is 11.6 Å². The molecule has 110 valence electrons. The van der Waals surface area contributed by atoms with Gasteiger partial charge in [0.15, 0.2) is 11.6 Å². The highest BCUT2D eigenvalue weighted by Crippen LogP contribution is 2.23. The number of thioether (sulfide) groups is 1. The lowest BCUT2D eigenvalue weighted by Gasteiger charge is -2.24. The summed E-state index contributed by atoms with van der Waals surface area (Å²) in [6.07, 6.45) is 2.04. The monoisotopic (exact) mass is 300 g/mol. The molecule has 1 heterocycles. The molecule has 1 unspecified atom stereocenters. The molecule has 0 aromatic heterocycles. The largest absolute Gasteiger partial charge is 0.338 e. The van der Waals surface area contributed by atoms with Gasteiger partial charge < -0.3 is 10.2 Å². The molecular weight excluding hydrogens is 282 g/mol. The van der Waals surface area contributed by atoms with Crippen LogP contribution in [0.5, 0.6) is 0 Å². The predicted octanol–water partition coefficient (Wildman–Crippen LogP) is 2.27. The Balaban J connectivity index is 1.89. The fourth-order valence-corrected chi connectivity index (χ4v) is 3.21. The van der Waals surface area contributed by atoms with Gasteiger partial charge in [-0.1, -0.05) is 0 Å². The van der Waals surface area contributed by atoms with Crippen LogP contribution in [0, 0.1) is 11.6 Å². The third-order valence-corrected chi connectivity index (χ3v) is 4.37. The average molecular weight is 300 g/mol. The maximum absolute atomic E-state index is 13.1. The zero-order valence-electron chi connectivity index (χ0n) is 11.4. The molecule has 3 nitrogen and oxygen atoms in total. The smallest absolute Gasteiger partial charge is 0.233 e. The predicted molar refractivity (Wildman–Crippen MR) is 75.7 cm³/mol. The zero-order valence-corrected chi connectivity index (χ0v) is 12.2. The van der Waals surface area contributed by atoms with Gasteiger partial charge in [0, 0.05) is 24.0 Å². The maximum Gasteiger partial charge on any atom is 0.233 e. The minimum Gasteiger partial charge on any atom is -0.338 e. The number of halogens is 2. The molecule has 20 heavy (non-hydrogen) atoms. The topological polar surface area (TPSA) is 32.3 Å². The van der Waals surface area contributed by atoms with Crippen LogP contribution in [0.15, 0.2) is 23.1 Å². The summed E-state index contributed by atoms with van der Waals surface area (Å²) < 4.78 is 25.9. The number of benzene rings is 1. The van der Waals surface area contributed by atoms with Crippen LogP contribution in [-0.4, -0.2) is 42.7 Å². The molecule has 1 fully saturated rings. The van der Waals surface area contributed by atoms with Gasteiger partial charge in [-0.3, -0.25) is 4.79 Å². The van der Waals surface area contributed by atoms with Gasteiger partial charge in [-0.05, 0) is 38.1 Å². The third kappa shape index (κ3) is 3.70. The SMILES string of the molecule is CNCC1CCCN1C(=O)CSc1ccc(F)c(F)c1. The summed E-state index contributed by atoms with van der Waals surface area (Å²) in [7, 11) is 1.87. The summed E-state index contributed by atoms with van der Waals surface area (Å²) in [5.41, 5.74) is 0. The first-order chi connectivity index (χ1) is 9.61. The highest BCUT2D eigenvalue weighted by molar-refractivity contribution is 8.00. The molecule has 1 aromatic carbocycles. The van der Waals surface area contributed by atoms with Gasteiger partial charge in [-0.2, -0.15) is 0 Å². The Morgan fingerprint density at radius 1 is 1.45 bits per heavy atom. The zero-order chi connectivity index (χ0) is 14.5. The summed E-state index contributed by atoms with van der Waals surface area (Å²) in [5, 5.41) is 3.09. The van der Waals surface area contributed by atoms with Crippen molar-refractivity contribution in [2.75, 3.05) is 25.9 Å². The Morgan fingerprint density at radius 3 is 2.95 bits per heavy atom. The van der Waals surface area contributed by atoms with Crippen molar-refractivity contribution in [2.45, 2.75) is 23.8 Å². The molecular formula is C14H18F2N2OS. The van der Waals surface area contributed by atoms with Gasteiger partial charge in [-0.25, -0.2) is 8.78 Å². The first-order valence-electron chi connectivity index (χ1n) is 6.63. The van der Waals surface area contributed by atoms with Crippen molar-refractivity contribution in [1.82, 2.24) is 10.2 Å². The van der Waals surface area contributed by atoms with Crippen LogP contribution >= 0.6 is 11.8 Å². The number of nitrogens with zero attached hydrogens (tertiary/aromatic N) is 1. The molecule has 0 aliphatic carbocycles. The number of likely N-dealkylation sites (N-methyl/N-ethyl adjacent to an activating group) is 1. The lowest BCUT2D eigenvalue weighted by atomic mass is 10.2. The van der Waals surface area contributed by atoms with Crippen molar-refractivity contribution in [1.29, 1.82) is 0 Å². The van der Waals surface area contributed by atoms with Gasteiger partial charge >= 0.3 is 0 Å². The van der Waals surface area contributed by atoms with E-state index in [1.54, 1.807) is 0 Å². The lowest BCUT2D eigenvalue weighted by Crippen LogP contribution is -2.41. The molecule has 1 atom stereocenters. The van der Waals surface area contributed by atoms with Crippen LogP contribution < -0.4 is 5.32 Å². The summed E-state index contributed by atoms with van der Waals surface area (Å²) in [6.45, 7) is 1.57. The van der Waals surface area contributed by atoms with Crippen LogP contribution in [0.4, 0.5) is 8.78 Å². The maximum atomic E-state index is 13.1. The molecule has 0 saturated carbocycles. The molecule has 6 heteroatoms. The van der Waals surface area contributed by atoms with Crippen LogP contribution in [0.2, 0.25) is 0 Å². The average Bonchev–Trinajstić information content (AvgIpc) is 2.88. The first kappa shape index (κ1) is 15.3. The van der Waals surface area contributed by atoms with Crippen LogP contribution in [0.1, 0.15) is 12.8 Å². The fourth-order valence-electron chi connectivity index (χ4n) is 2.41. The number of nitrogens with one attached hydrogen (secondary N) is 1. The standard InChI is InChI=1S/C14H18F2N2OS/c1-17-8-10-3-2-6-18(10)14(19)9-20-11-4-5-12(15)13(16)7-11/h4-5,7,10,17H,2-3,6,8-9H2,1H3. The van der Waals surface area contributed by atoms with Gasteiger partial charge in [0.05, 0.1) is 5.75 Å². The molecule has 0 bridgehead atoms. The summed E-state index contributed by atoms with van der Waals surface area (Å²) in [6, 6.07) is 3.95. The van der Waals surface area contributed by atoms with Crippen molar-refractivity contribution in [3.05, 3.63) is 29.8 Å². The molecule has 1 aliphatic rings. The van der Waals surface area contributed by atoms with Crippen molar-refractivity contribution >= 4 is 17.7 Å². The molecule has 1 aliphatic heterocycles. The number of rotatable bonds is 5. The number of carbonyl (C=O) groups excluding carboxylic acids is 1. The Bertz CT molecular complexity index is 484. The molecule has 0 spiro atoms. The minimum absolute atomic E-state index is 0.0532. The van der Waals surface area contributed by atoms with Crippen LogP contribution in [0.3, 0.4) is 0 Å². The summed E-state index contributed by atoms with van der Waals surface area (Å²) in [4.78, 5) is 14.6. The molecule has 1 N–H and O–H groups in total. The van der Waals surface area contributed by atoms with Crippen molar-refractivity contribution in [2.24, 2.45) is 0 Å². The van der Waals surface area contributed by atoms with E-state index in [-0.39, 0.29) is 17.7 Å². The molecule has 1 aromatic rings. The van der Waals surface area contributed by atoms with Crippen molar-refractivity contribution in [3.63, 3.8) is 0 Å². The summed E-state index contributed by atoms with van der Waals surface area (Å²) in [5.74, 6) is -1.44. The van der Waals surface area contributed by atoms with Gasteiger partial charge in [-0.15, -0.1) is 11.8 Å². The first-order valence-corrected chi connectivity index (χ1v) is 7.62. The van der Waals surface area contributed by atoms with Crippen LogP contribution in [0.25, 0.3) is 0 Å². The van der Waals surface area contributed by atoms with E-state index in [0.717, 1.165) is 38.1 Å². The van der Waals surface area contributed by atoms with E-state index in [1.165, 1.54) is 17.8 Å². The fraction of sp³-hybridized carbons (Fsp3) is 0.500. The molecule has 1 saturated heterocycles. The highest BCUT2D eigenvalue weighted by atomic mass is 32.2. The second kappa shape index (κ2) is 7.04. The highest BCUT2D eigenvalue weighted by Gasteiger charge is 2.27. The quantitative estimate of drug-likeness (QED) is 0.847. The Hall–Kier alpha value is -1.14. The number of carbonyl (C=O) groups is 1. The van der Waals surface area contributed by atoms with Crippen LogP contribution in [-0.2, 0) is 4.79 Å². The number of likely N-dealkylation sites (tertiary alicyclic amines) is 1. The molecule has 1 amide bonds. The van der Waals surface area contributed by atoms with E-state index in [0.29, 0.717) is 4.90 Å². The Kier molecular flexibility index (Phi) is 5.37. The van der Waals surface area contributed by atoms with E-state index in [4.69, 9.17) is 0 Å². The van der Waals surface area contributed by atoms with E-state index >= 15 is 0 Å². The molecule has 0 radical (unpaired) electrons. The number of hydrogen-bond acceptors (Lipinski definition) is 3.